The fourth-order valence-electron chi connectivity index (χ4n) is 1.84. The number of halogens is 1. The summed E-state index contributed by atoms with van der Waals surface area (Å²) in [6.45, 7) is 11.7. The second-order valence-electron chi connectivity index (χ2n) is 5.21. The Morgan fingerprint density at radius 2 is 1.95 bits per heavy atom. The van der Waals surface area contributed by atoms with Gasteiger partial charge in [-0.15, -0.1) is 0 Å². The molecule has 3 nitrogen and oxygen atoms in total. The van der Waals surface area contributed by atoms with Gasteiger partial charge in [-0.1, -0.05) is 20.8 Å². The predicted molar refractivity (Wildman–Crippen MR) is 87.6 cm³/mol. The SMILES string of the molecule is CCCOc1c(Br)cc(CNCC(C)C)cc1OCC. The highest BCUT2D eigenvalue weighted by Gasteiger charge is 2.12. The summed E-state index contributed by atoms with van der Waals surface area (Å²) in [5.41, 5.74) is 1.20. The largest absolute Gasteiger partial charge is 0.490 e. The van der Waals surface area contributed by atoms with Gasteiger partial charge >= 0.3 is 0 Å². The Kier molecular flexibility index (Phi) is 8.00. The number of rotatable bonds is 9. The van der Waals surface area contributed by atoms with E-state index in [-0.39, 0.29) is 0 Å². The van der Waals surface area contributed by atoms with Crippen LogP contribution in [-0.2, 0) is 6.54 Å². The average Bonchev–Trinajstić information content (AvgIpc) is 2.38. The molecule has 1 aromatic carbocycles. The maximum Gasteiger partial charge on any atom is 0.175 e. The number of ether oxygens (including phenoxy) is 2. The molecule has 0 saturated heterocycles. The van der Waals surface area contributed by atoms with Crippen LogP contribution in [0.15, 0.2) is 16.6 Å². The van der Waals surface area contributed by atoms with Gasteiger partial charge in [-0.2, -0.15) is 0 Å². The zero-order chi connectivity index (χ0) is 15.0. The summed E-state index contributed by atoms with van der Waals surface area (Å²) in [6.07, 6.45) is 0.982. The second kappa shape index (κ2) is 9.24. The third-order valence-corrected chi connectivity index (χ3v) is 3.29. The molecule has 0 amide bonds. The van der Waals surface area contributed by atoms with Gasteiger partial charge < -0.3 is 14.8 Å². The highest BCUT2D eigenvalue weighted by atomic mass is 79.9. The van der Waals surface area contributed by atoms with E-state index >= 15 is 0 Å². The van der Waals surface area contributed by atoms with Crippen LogP contribution in [0.1, 0.15) is 39.7 Å². The van der Waals surface area contributed by atoms with Crippen LogP contribution < -0.4 is 14.8 Å². The smallest absolute Gasteiger partial charge is 0.175 e. The molecule has 4 heteroatoms. The van der Waals surface area contributed by atoms with Gasteiger partial charge in [-0.25, -0.2) is 0 Å². The molecule has 0 bridgehead atoms. The fourth-order valence-corrected chi connectivity index (χ4v) is 2.44. The third-order valence-electron chi connectivity index (χ3n) is 2.70. The summed E-state index contributed by atoms with van der Waals surface area (Å²) in [5.74, 6) is 2.27. The minimum Gasteiger partial charge on any atom is -0.490 e. The van der Waals surface area contributed by atoms with Crippen molar-refractivity contribution in [2.75, 3.05) is 19.8 Å². The molecule has 0 fully saturated rings. The fraction of sp³-hybridized carbons (Fsp3) is 0.625. The number of nitrogens with one attached hydrogen (secondary N) is 1. The highest BCUT2D eigenvalue weighted by Crippen LogP contribution is 2.37. The van der Waals surface area contributed by atoms with Gasteiger partial charge in [0.2, 0.25) is 0 Å². The molecule has 1 rings (SSSR count). The summed E-state index contributed by atoms with van der Waals surface area (Å²) in [5, 5.41) is 3.44. The summed E-state index contributed by atoms with van der Waals surface area (Å²) < 4.78 is 12.4. The Hall–Kier alpha value is -0.740. The van der Waals surface area contributed by atoms with Crippen LogP contribution >= 0.6 is 15.9 Å². The van der Waals surface area contributed by atoms with Gasteiger partial charge in [0.1, 0.15) is 0 Å². The minimum absolute atomic E-state index is 0.637. The van der Waals surface area contributed by atoms with Crippen molar-refractivity contribution in [2.24, 2.45) is 5.92 Å². The first-order chi connectivity index (χ1) is 9.58. The highest BCUT2D eigenvalue weighted by molar-refractivity contribution is 9.10. The van der Waals surface area contributed by atoms with Crippen LogP contribution in [0.2, 0.25) is 0 Å². The topological polar surface area (TPSA) is 30.5 Å². The standard InChI is InChI=1S/C16H26BrNO2/c1-5-7-20-16-14(17)8-13(9-15(16)19-6-2)11-18-10-12(3)4/h8-9,12,18H,5-7,10-11H2,1-4H3. The lowest BCUT2D eigenvalue weighted by Crippen LogP contribution is -2.19. The quantitative estimate of drug-likeness (QED) is 0.721. The second-order valence-corrected chi connectivity index (χ2v) is 6.07. The van der Waals surface area contributed by atoms with Crippen LogP contribution in [0.4, 0.5) is 0 Å². The zero-order valence-electron chi connectivity index (χ0n) is 13.0. The Morgan fingerprint density at radius 1 is 1.20 bits per heavy atom. The maximum absolute atomic E-state index is 5.78. The Bertz CT molecular complexity index is 408. The van der Waals surface area contributed by atoms with Gasteiger partial charge in [-0.3, -0.25) is 0 Å². The van der Waals surface area contributed by atoms with Crippen molar-refractivity contribution in [3.63, 3.8) is 0 Å². The summed E-state index contributed by atoms with van der Waals surface area (Å²) in [7, 11) is 0. The molecule has 0 aliphatic heterocycles. The molecule has 0 spiro atoms. The molecule has 0 heterocycles. The molecule has 0 radical (unpaired) electrons. The molecule has 1 N–H and O–H groups in total. The van der Waals surface area contributed by atoms with Crippen molar-refractivity contribution in [3.05, 3.63) is 22.2 Å². The van der Waals surface area contributed by atoms with Crippen LogP contribution in [0, 0.1) is 5.92 Å². The monoisotopic (exact) mass is 343 g/mol. The molecular weight excluding hydrogens is 318 g/mol. The van der Waals surface area contributed by atoms with E-state index < -0.39 is 0 Å². The van der Waals surface area contributed by atoms with Crippen LogP contribution in [-0.4, -0.2) is 19.8 Å². The van der Waals surface area contributed by atoms with Crippen LogP contribution in [0.5, 0.6) is 11.5 Å². The van der Waals surface area contributed by atoms with Gasteiger partial charge in [0, 0.05) is 6.54 Å². The average molecular weight is 344 g/mol. The maximum atomic E-state index is 5.78. The van der Waals surface area contributed by atoms with Gasteiger partial charge in [0.25, 0.3) is 0 Å². The van der Waals surface area contributed by atoms with Gasteiger partial charge in [-0.05, 0) is 59.4 Å². The van der Waals surface area contributed by atoms with Crippen molar-refractivity contribution in [3.8, 4) is 11.5 Å². The number of hydrogen-bond acceptors (Lipinski definition) is 3. The van der Waals surface area contributed by atoms with E-state index in [0.717, 1.165) is 35.5 Å². The molecule has 0 atom stereocenters. The zero-order valence-corrected chi connectivity index (χ0v) is 14.5. The number of hydrogen-bond donors (Lipinski definition) is 1. The Balaban J connectivity index is 2.82. The lowest BCUT2D eigenvalue weighted by atomic mass is 10.1. The van der Waals surface area contributed by atoms with E-state index in [9.17, 15) is 0 Å². The molecule has 0 aromatic heterocycles. The molecular formula is C16H26BrNO2. The predicted octanol–water partition coefficient (Wildman–Crippen LogP) is 4.38. The molecule has 114 valence electrons. The summed E-state index contributed by atoms with van der Waals surface area (Å²) in [6, 6.07) is 4.16. The molecule has 20 heavy (non-hydrogen) atoms. The van der Waals surface area contributed by atoms with E-state index in [0.29, 0.717) is 19.1 Å². The van der Waals surface area contributed by atoms with E-state index in [2.05, 4.69) is 54.2 Å². The lowest BCUT2D eigenvalue weighted by molar-refractivity contribution is 0.275. The lowest BCUT2D eigenvalue weighted by Gasteiger charge is -2.15. The van der Waals surface area contributed by atoms with Crippen LogP contribution in [0.3, 0.4) is 0 Å². The van der Waals surface area contributed by atoms with Gasteiger partial charge in [0.15, 0.2) is 11.5 Å². The van der Waals surface area contributed by atoms with Gasteiger partial charge in [0.05, 0.1) is 17.7 Å². The Labute approximate surface area is 131 Å². The third kappa shape index (κ3) is 5.71. The molecule has 0 aliphatic carbocycles. The molecule has 1 aromatic rings. The normalized spacial score (nSPS) is 10.9. The first kappa shape index (κ1) is 17.3. The Morgan fingerprint density at radius 3 is 2.55 bits per heavy atom. The molecule has 0 aliphatic rings. The van der Waals surface area contributed by atoms with E-state index in [1.807, 2.05) is 6.92 Å². The molecule has 0 unspecified atom stereocenters. The van der Waals surface area contributed by atoms with Crippen molar-refractivity contribution in [1.29, 1.82) is 0 Å². The van der Waals surface area contributed by atoms with Crippen molar-refractivity contribution in [1.82, 2.24) is 5.32 Å². The van der Waals surface area contributed by atoms with E-state index in [1.54, 1.807) is 0 Å². The minimum atomic E-state index is 0.637. The van der Waals surface area contributed by atoms with Crippen molar-refractivity contribution < 1.29 is 9.47 Å². The summed E-state index contributed by atoms with van der Waals surface area (Å²) in [4.78, 5) is 0. The first-order valence-corrected chi connectivity index (χ1v) is 8.16. The first-order valence-electron chi connectivity index (χ1n) is 7.37. The molecule has 0 saturated carbocycles. The number of benzene rings is 1. The van der Waals surface area contributed by atoms with E-state index in [1.165, 1.54) is 5.56 Å². The van der Waals surface area contributed by atoms with Crippen molar-refractivity contribution in [2.45, 2.75) is 40.7 Å². The summed E-state index contributed by atoms with van der Waals surface area (Å²) >= 11 is 3.59. The van der Waals surface area contributed by atoms with E-state index in [4.69, 9.17) is 9.47 Å². The van der Waals surface area contributed by atoms with Crippen LogP contribution in [0.25, 0.3) is 0 Å². The van der Waals surface area contributed by atoms with Crippen molar-refractivity contribution >= 4 is 15.9 Å².